The number of aliphatic hydroxyl groups excluding tert-OH is 1. The molecule has 8 nitrogen and oxygen atoms in total. The number of hydrogen-bond donors (Lipinski definition) is 3. The summed E-state index contributed by atoms with van der Waals surface area (Å²) in [6.45, 7) is 1.10. The second-order valence-electron chi connectivity index (χ2n) is 8.99. The summed E-state index contributed by atoms with van der Waals surface area (Å²) in [5, 5.41) is 13.8. The molecule has 33 heavy (non-hydrogen) atoms. The Bertz CT molecular complexity index is 1070. The van der Waals surface area contributed by atoms with Crippen molar-refractivity contribution >= 4 is 17.7 Å². The van der Waals surface area contributed by atoms with Gasteiger partial charge in [0.2, 0.25) is 0 Å². The lowest BCUT2D eigenvalue weighted by Crippen LogP contribution is -2.82. The number of amides is 2. The van der Waals surface area contributed by atoms with Gasteiger partial charge in [0.05, 0.1) is 12.1 Å². The molecule has 1 aromatic carbocycles. The summed E-state index contributed by atoms with van der Waals surface area (Å²) in [4.78, 5) is 32.9. The largest absolute Gasteiger partial charge is 0.489 e. The van der Waals surface area contributed by atoms with Crippen LogP contribution in [-0.4, -0.2) is 50.9 Å². The molecule has 3 heterocycles. The normalized spacial score (nSPS) is 25.0. The highest BCUT2D eigenvalue weighted by Crippen LogP contribution is 2.31. The SMILES string of the molecule is O=C1CCC(N2Cc3cc(O[C@H]4CCCC[C@@H]4NCc4ccccn4)ccc3C2=O)C(O)=[NH+]1. The van der Waals surface area contributed by atoms with E-state index in [1.807, 2.05) is 36.4 Å². The molecule has 1 aliphatic carbocycles. The van der Waals surface area contributed by atoms with Crippen molar-refractivity contribution in [2.75, 3.05) is 0 Å². The number of nitrogens with zero attached hydrogens (tertiary/aromatic N) is 2. The van der Waals surface area contributed by atoms with E-state index in [0.29, 0.717) is 25.1 Å². The molecule has 5 rings (SSSR count). The van der Waals surface area contributed by atoms with E-state index < -0.39 is 6.04 Å². The van der Waals surface area contributed by atoms with Crippen LogP contribution in [0.25, 0.3) is 0 Å². The standard InChI is InChI=1S/C25H28N4O4/c30-23-11-10-21(24(31)28-23)29-15-16-13-18(8-9-19(16)25(29)32)33-22-7-2-1-6-20(22)27-14-17-5-3-4-12-26-17/h3-5,8-9,12-13,20-22,27H,1-2,6-7,10-11,14-15H2,(H,28,30,31)/p+1/t20-,21?,22-/m0/s1. The van der Waals surface area contributed by atoms with Gasteiger partial charge in [0.1, 0.15) is 11.9 Å². The van der Waals surface area contributed by atoms with Gasteiger partial charge in [-0.1, -0.05) is 12.5 Å². The molecule has 172 valence electrons. The Kier molecular flexibility index (Phi) is 6.09. The van der Waals surface area contributed by atoms with E-state index in [-0.39, 0.29) is 36.3 Å². The summed E-state index contributed by atoms with van der Waals surface area (Å²) in [6, 6.07) is 11.3. The van der Waals surface area contributed by atoms with Crippen LogP contribution in [0, 0.1) is 0 Å². The van der Waals surface area contributed by atoms with Crippen LogP contribution in [0.5, 0.6) is 5.75 Å². The molecular weight excluding hydrogens is 420 g/mol. The maximum Gasteiger partial charge on any atom is 0.388 e. The van der Waals surface area contributed by atoms with E-state index in [0.717, 1.165) is 36.3 Å². The highest BCUT2D eigenvalue weighted by Gasteiger charge is 2.41. The fraction of sp³-hybridized carbons (Fsp3) is 0.440. The first-order chi connectivity index (χ1) is 16.1. The lowest BCUT2D eigenvalue weighted by atomic mass is 9.92. The molecule has 1 fully saturated rings. The van der Waals surface area contributed by atoms with Gasteiger partial charge in [-0.3, -0.25) is 9.78 Å². The Balaban J connectivity index is 1.26. The average molecular weight is 450 g/mol. The molecule has 0 bridgehead atoms. The van der Waals surface area contributed by atoms with Crippen LogP contribution in [0.1, 0.15) is 60.1 Å². The first-order valence-corrected chi connectivity index (χ1v) is 11.7. The van der Waals surface area contributed by atoms with E-state index in [1.54, 1.807) is 11.1 Å². The highest BCUT2D eigenvalue weighted by atomic mass is 16.5. The van der Waals surface area contributed by atoms with E-state index in [1.165, 1.54) is 6.42 Å². The van der Waals surface area contributed by atoms with Crippen LogP contribution < -0.4 is 15.0 Å². The molecule has 3 atom stereocenters. The van der Waals surface area contributed by atoms with E-state index in [2.05, 4.69) is 15.3 Å². The maximum absolute atomic E-state index is 12.9. The van der Waals surface area contributed by atoms with Crippen molar-refractivity contribution in [1.82, 2.24) is 15.2 Å². The van der Waals surface area contributed by atoms with Gasteiger partial charge in [0.25, 0.3) is 5.91 Å². The lowest BCUT2D eigenvalue weighted by molar-refractivity contribution is -0.394. The maximum atomic E-state index is 12.9. The van der Waals surface area contributed by atoms with Crippen LogP contribution >= 0.6 is 0 Å². The molecule has 0 radical (unpaired) electrons. The zero-order valence-corrected chi connectivity index (χ0v) is 18.5. The topological polar surface area (TPSA) is 106 Å². The third kappa shape index (κ3) is 4.61. The Labute approximate surface area is 192 Å². The van der Waals surface area contributed by atoms with Gasteiger partial charge in [-0.2, -0.15) is 0 Å². The van der Waals surface area contributed by atoms with Crippen LogP contribution in [-0.2, 0) is 17.9 Å². The fourth-order valence-corrected chi connectivity index (χ4v) is 5.03. The van der Waals surface area contributed by atoms with Gasteiger partial charge in [0.15, 0.2) is 6.04 Å². The number of aliphatic hydroxyl groups is 1. The van der Waals surface area contributed by atoms with Gasteiger partial charge in [0, 0.05) is 30.9 Å². The molecule has 1 unspecified atom stereocenters. The minimum atomic E-state index is -0.495. The fourth-order valence-electron chi connectivity index (χ4n) is 5.03. The predicted octanol–water partition coefficient (Wildman–Crippen LogP) is 1.24. The zero-order valence-electron chi connectivity index (χ0n) is 18.5. The van der Waals surface area contributed by atoms with Gasteiger partial charge in [-0.15, -0.1) is 4.99 Å². The Hall–Kier alpha value is -3.26. The summed E-state index contributed by atoms with van der Waals surface area (Å²) in [5.41, 5.74) is 2.52. The molecule has 8 heteroatoms. The minimum Gasteiger partial charge on any atom is -0.489 e. The van der Waals surface area contributed by atoms with Crippen molar-refractivity contribution in [1.29, 1.82) is 0 Å². The summed E-state index contributed by atoms with van der Waals surface area (Å²) < 4.78 is 6.41. The van der Waals surface area contributed by atoms with Gasteiger partial charge in [-0.25, -0.2) is 4.79 Å². The summed E-state index contributed by atoms with van der Waals surface area (Å²) in [5.74, 6) is 0.261. The molecule has 3 aliphatic rings. The third-order valence-corrected chi connectivity index (χ3v) is 6.77. The molecule has 2 aromatic rings. The molecule has 2 aliphatic heterocycles. The van der Waals surface area contributed by atoms with Crippen molar-refractivity contribution in [2.24, 2.45) is 0 Å². The third-order valence-electron chi connectivity index (χ3n) is 6.77. The molecule has 1 saturated carbocycles. The van der Waals surface area contributed by atoms with Gasteiger partial charge < -0.3 is 20.1 Å². The lowest BCUT2D eigenvalue weighted by Gasteiger charge is -2.32. The van der Waals surface area contributed by atoms with Crippen molar-refractivity contribution in [3.05, 3.63) is 59.4 Å². The number of carbonyl (C=O) groups is 2. The quantitative estimate of drug-likeness (QED) is 0.613. The number of aromatic nitrogens is 1. The second-order valence-corrected chi connectivity index (χ2v) is 8.99. The monoisotopic (exact) mass is 449 g/mol. The average Bonchev–Trinajstić information content (AvgIpc) is 3.14. The van der Waals surface area contributed by atoms with Crippen LogP contribution in [0.3, 0.4) is 0 Å². The van der Waals surface area contributed by atoms with Crippen molar-refractivity contribution in [3.63, 3.8) is 0 Å². The Morgan fingerprint density at radius 2 is 2.03 bits per heavy atom. The Morgan fingerprint density at radius 1 is 1.15 bits per heavy atom. The van der Waals surface area contributed by atoms with Crippen LogP contribution in [0.4, 0.5) is 0 Å². The number of fused-ring (bicyclic) bond motifs is 1. The van der Waals surface area contributed by atoms with E-state index >= 15 is 0 Å². The summed E-state index contributed by atoms with van der Waals surface area (Å²) in [7, 11) is 0. The van der Waals surface area contributed by atoms with Crippen molar-refractivity contribution in [2.45, 2.75) is 69.8 Å². The van der Waals surface area contributed by atoms with Crippen molar-refractivity contribution < 1.29 is 24.4 Å². The number of benzene rings is 1. The number of hydrogen-bond acceptors (Lipinski definition) is 5. The first kappa shape index (κ1) is 21.6. The highest BCUT2D eigenvalue weighted by molar-refractivity contribution is 6.01. The number of pyridine rings is 1. The van der Waals surface area contributed by atoms with Crippen LogP contribution in [0.2, 0.25) is 0 Å². The number of ether oxygens (including phenoxy) is 1. The first-order valence-electron chi connectivity index (χ1n) is 11.7. The molecule has 1 aromatic heterocycles. The number of rotatable bonds is 6. The summed E-state index contributed by atoms with van der Waals surface area (Å²) >= 11 is 0. The summed E-state index contributed by atoms with van der Waals surface area (Å²) in [6.07, 6.45) is 6.91. The molecular formula is C25H29N4O4+. The Morgan fingerprint density at radius 3 is 2.85 bits per heavy atom. The zero-order chi connectivity index (χ0) is 22.8. The number of nitrogens with one attached hydrogen (secondary N) is 2. The minimum absolute atomic E-state index is 0.0552. The molecule has 0 saturated heterocycles. The number of carbonyl (C=O) groups excluding carboxylic acids is 2. The van der Waals surface area contributed by atoms with Gasteiger partial charge in [-0.05, 0) is 61.6 Å². The van der Waals surface area contributed by atoms with Crippen molar-refractivity contribution in [3.8, 4) is 5.75 Å². The predicted molar refractivity (Wildman–Crippen MR) is 121 cm³/mol. The van der Waals surface area contributed by atoms with E-state index in [4.69, 9.17) is 4.74 Å². The van der Waals surface area contributed by atoms with Gasteiger partial charge >= 0.3 is 11.8 Å². The molecule has 3 N–H and O–H groups in total. The molecule has 2 amide bonds. The smallest absolute Gasteiger partial charge is 0.388 e. The molecule has 0 spiro atoms. The second kappa shape index (κ2) is 9.31. The van der Waals surface area contributed by atoms with E-state index in [9.17, 15) is 14.7 Å². The van der Waals surface area contributed by atoms with Crippen LogP contribution in [0.15, 0.2) is 42.6 Å².